The van der Waals surface area contributed by atoms with Crippen molar-refractivity contribution in [1.82, 2.24) is 19.3 Å². The van der Waals surface area contributed by atoms with Crippen molar-refractivity contribution in [2.75, 3.05) is 5.32 Å². The van der Waals surface area contributed by atoms with Crippen LogP contribution in [0.4, 0.5) is 5.69 Å². The van der Waals surface area contributed by atoms with Crippen LogP contribution < -0.4 is 5.32 Å². The molecule has 0 atom stereocenters. The molecule has 6 heteroatoms. The molecule has 0 bridgehead atoms. The summed E-state index contributed by atoms with van der Waals surface area (Å²) in [6, 6.07) is 7.79. The minimum Gasteiger partial charge on any atom is -0.338 e. The van der Waals surface area contributed by atoms with E-state index >= 15 is 0 Å². The van der Waals surface area contributed by atoms with Gasteiger partial charge in [0.05, 0.1) is 16.7 Å². The zero-order valence-corrected chi connectivity index (χ0v) is 16.4. The molecular formula is C21H25N5O. The minimum atomic E-state index is -0.0630. The topological polar surface area (TPSA) is 64.7 Å². The fourth-order valence-electron chi connectivity index (χ4n) is 3.32. The molecule has 0 aliphatic carbocycles. The first-order valence-electron chi connectivity index (χ1n) is 9.15. The summed E-state index contributed by atoms with van der Waals surface area (Å²) in [7, 11) is 1.91. The van der Waals surface area contributed by atoms with Gasteiger partial charge in [0, 0.05) is 42.1 Å². The van der Waals surface area contributed by atoms with Gasteiger partial charge in [0.2, 0.25) is 5.91 Å². The molecule has 0 spiro atoms. The summed E-state index contributed by atoms with van der Waals surface area (Å²) in [5.41, 5.74) is 4.89. The smallest absolute Gasteiger partial charge is 0.244 e. The van der Waals surface area contributed by atoms with Crippen LogP contribution in [0, 0.1) is 13.8 Å². The lowest BCUT2D eigenvalue weighted by Crippen LogP contribution is -2.18. The van der Waals surface area contributed by atoms with Gasteiger partial charge in [-0.15, -0.1) is 0 Å². The summed E-state index contributed by atoms with van der Waals surface area (Å²) < 4.78 is 3.78. The largest absolute Gasteiger partial charge is 0.338 e. The molecule has 0 saturated carbocycles. The maximum absolute atomic E-state index is 12.5. The standard InChI is InChI=1S/C19H19N5O.C2H6/c1-12-10-24(17-6-7-20-9-16(12)17)11-19(25)21-14-4-5-15-13(2)22-23(3)18(15)8-14;1-2/h4-10H,11H2,1-3H3,(H,21,25);1-2H3. The highest BCUT2D eigenvalue weighted by molar-refractivity contribution is 5.95. The lowest BCUT2D eigenvalue weighted by atomic mass is 10.2. The Morgan fingerprint density at radius 3 is 2.67 bits per heavy atom. The van der Waals surface area contributed by atoms with Gasteiger partial charge in [-0.1, -0.05) is 13.8 Å². The van der Waals surface area contributed by atoms with E-state index in [-0.39, 0.29) is 12.5 Å². The van der Waals surface area contributed by atoms with Crippen molar-refractivity contribution in [2.45, 2.75) is 34.2 Å². The van der Waals surface area contributed by atoms with Crippen LogP contribution in [0.5, 0.6) is 0 Å². The first-order chi connectivity index (χ1) is 13.0. The number of nitrogens with zero attached hydrogens (tertiary/aromatic N) is 4. The molecule has 140 valence electrons. The number of carbonyl (C=O) groups is 1. The third kappa shape index (κ3) is 3.56. The highest BCUT2D eigenvalue weighted by atomic mass is 16.1. The quantitative estimate of drug-likeness (QED) is 0.593. The molecule has 0 aliphatic rings. The van der Waals surface area contributed by atoms with E-state index < -0.39 is 0 Å². The number of carbonyl (C=O) groups excluding carboxylic acids is 1. The van der Waals surface area contributed by atoms with E-state index in [0.29, 0.717) is 0 Å². The molecule has 3 aromatic heterocycles. The van der Waals surface area contributed by atoms with E-state index in [9.17, 15) is 4.79 Å². The van der Waals surface area contributed by atoms with Crippen molar-refractivity contribution in [3.05, 3.63) is 54.1 Å². The molecule has 0 radical (unpaired) electrons. The maximum Gasteiger partial charge on any atom is 0.244 e. The van der Waals surface area contributed by atoms with E-state index in [1.54, 1.807) is 6.20 Å². The Kier molecular flexibility index (Phi) is 5.26. The molecule has 27 heavy (non-hydrogen) atoms. The van der Waals surface area contributed by atoms with Gasteiger partial charge in [-0.3, -0.25) is 14.5 Å². The summed E-state index contributed by atoms with van der Waals surface area (Å²) in [5, 5.41) is 9.55. The average Bonchev–Trinajstić information content (AvgIpc) is 3.13. The van der Waals surface area contributed by atoms with Crippen molar-refractivity contribution < 1.29 is 4.79 Å². The average molecular weight is 363 g/mol. The second-order valence-corrected chi connectivity index (χ2v) is 6.32. The number of anilines is 1. The number of pyridine rings is 1. The second-order valence-electron chi connectivity index (χ2n) is 6.32. The first-order valence-corrected chi connectivity index (χ1v) is 9.15. The van der Waals surface area contributed by atoms with Crippen LogP contribution in [0.2, 0.25) is 0 Å². The van der Waals surface area contributed by atoms with Crippen molar-refractivity contribution >= 4 is 33.4 Å². The number of aromatic nitrogens is 4. The van der Waals surface area contributed by atoms with Crippen molar-refractivity contribution in [3.8, 4) is 0 Å². The third-order valence-electron chi connectivity index (χ3n) is 4.52. The normalized spacial score (nSPS) is 10.7. The van der Waals surface area contributed by atoms with Gasteiger partial charge in [-0.25, -0.2) is 0 Å². The summed E-state index contributed by atoms with van der Waals surface area (Å²) in [5.74, 6) is -0.0630. The lowest BCUT2D eigenvalue weighted by molar-refractivity contribution is -0.116. The van der Waals surface area contributed by atoms with Gasteiger partial charge < -0.3 is 9.88 Å². The Balaban J connectivity index is 0.00000102. The molecule has 1 amide bonds. The summed E-state index contributed by atoms with van der Waals surface area (Å²) in [6.45, 7) is 8.27. The van der Waals surface area contributed by atoms with Crippen molar-refractivity contribution in [3.63, 3.8) is 0 Å². The second kappa shape index (κ2) is 7.61. The van der Waals surface area contributed by atoms with Gasteiger partial charge in [-0.2, -0.15) is 5.10 Å². The minimum absolute atomic E-state index is 0.0630. The molecule has 4 aromatic rings. The molecule has 3 heterocycles. The lowest BCUT2D eigenvalue weighted by Gasteiger charge is -2.08. The summed E-state index contributed by atoms with van der Waals surface area (Å²) in [6.07, 6.45) is 5.56. The summed E-state index contributed by atoms with van der Waals surface area (Å²) >= 11 is 0. The number of hydrogen-bond acceptors (Lipinski definition) is 3. The molecule has 1 aromatic carbocycles. The zero-order chi connectivity index (χ0) is 19.6. The molecule has 4 rings (SSSR count). The van der Waals surface area contributed by atoms with Crippen LogP contribution >= 0.6 is 0 Å². The number of amides is 1. The van der Waals surface area contributed by atoms with Gasteiger partial charge in [-0.05, 0) is 43.7 Å². The van der Waals surface area contributed by atoms with Crippen LogP contribution in [0.25, 0.3) is 21.8 Å². The maximum atomic E-state index is 12.5. The van der Waals surface area contributed by atoms with Crippen LogP contribution in [-0.4, -0.2) is 25.2 Å². The summed E-state index contributed by atoms with van der Waals surface area (Å²) in [4.78, 5) is 16.6. The van der Waals surface area contributed by atoms with Crippen molar-refractivity contribution in [1.29, 1.82) is 0 Å². The van der Waals surface area contributed by atoms with E-state index in [1.807, 2.05) is 80.7 Å². The van der Waals surface area contributed by atoms with E-state index in [4.69, 9.17) is 0 Å². The number of rotatable bonds is 3. The molecular weight excluding hydrogens is 338 g/mol. The van der Waals surface area contributed by atoms with Crippen LogP contribution in [0.3, 0.4) is 0 Å². The van der Waals surface area contributed by atoms with Crippen LogP contribution in [-0.2, 0) is 18.4 Å². The number of hydrogen-bond donors (Lipinski definition) is 1. The SMILES string of the molecule is CC.Cc1cn(CC(=O)Nc2ccc3c(C)nn(C)c3c2)c2ccncc12. The van der Waals surface area contributed by atoms with Gasteiger partial charge in [0.1, 0.15) is 6.54 Å². The molecule has 6 nitrogen and oxygen atoms in total. The van der Waals surface area contributed by atoms with Gasteiger partial charge in [0.25, 0.3) is 0 Å². The van der Waals surface area contributed by atoms with Crippen LogP contribution in [0.1, 0.15) is 25.1 Å². The van der Waals surface area contributed by atoms with Gasteiger partial charge in [0.15, 0.2) is 0 Å². The molecule has 0 aliphatic heterocycles. The molecule has 0 unspecified atom stereocenters. The monoisotopic (exact) mass is 363 g/mol. The fourth-order valence-corrected chi connectivity index (χ4v) is 3.32. The Morgan fingerprint density at radius 1 is 1.11 bits per heavy atom. The fraction of sp³-hybridized carbons (Fsp3) is 0.286. The molecule has 1 N–H and O–H groups in total. The predicted molar refractivity (Wildman–Crippen MR) is 110 cm³/mol. The Bertz CT molecular complexity index is 1110. The molecule has 0 saturated heterocycles. The highest BCUT2D eigenvalue weighted by Gasteiger charge is 2.11. The molecule has 0 fully saturated rings. The number of nitrogens with one attached hydrogen (secondary N) is 1. The van der Waals surface area contributed by atoms with Crippen molar-refractivity contribution in [2.24, 2.45) is 7.05 Å². The Labute approximate surface area is 158 Å². The number of fused-ring (bicyclic) bond motifs is 2. The van der Waals surface area contributed by atoms with Gasteiger partial charge >= 0.3 is 0 Å². The Morgan fingerprint density at radius 2 is 1.89 bits per heavy atom. The first kappa shape index (κ1) is 18.6. The third-order valence-corrected chi connectivity index (χ3v) is 4.52. The highest BCUT2D eigenvalue weighted by Crippen LogP contribution is 2.22. The predicted octanol–water partition coefficient (Wildman–Crippen LogP) is 4.20. The number of aryl methyl sites for hydroxylation is 3. The Hall–Kier alpha value is -3.15. The van der Waals surface area contributed by atoms with E-state index in [0.717, 1.165) is 38.8 Å². The zero-order valence-electron chi connectivity index (χ0n) is 16.4. The van der Waals surface area contributed by atoms with E-state index in [2.05, 4.69) is 15.4 Å². The van der Waals surface area contributed by atoms with Crippen LogP contribution in [0.15, 0.2) is 42.9 Å². The number of benzene rings is 1. The van der Waals surface area contributed by atoms with E-state index in [1.165, 1.54) is 0 Å².